The molecule has 226 valence electrons. The van der Waals surface area contributed by atoms with Gasteiger partial charge in [-0.2, -0.15) is 0 Å². The van der Waals surface area contributed by atoms with Crippen LogP contribution >= 0.6 is 0 Å². The number of benzene rings is 1. The number of hydrogen-bond donors (Lipinski definition) is 0. The van der Waals surface area contributed by atoms with Crippen molar-refractivity contribution in [1.29, 1.82) is 0 Å². The molecule has 0 radical (unpaired) electrons. The Bertz CT molecular complexity index is 1750. The van der Waals surface area contributed by atoms with Gasteiger partial charge in [-0.1, -0.05) is 62.3 Å². The van der Waals surface area contributed by atoms with Crippen LogP contribution in [-0.2, 0) is 4.74 Å². The average Bonchev–Trinajstić information content (AvgIpc) is 3.16. The average molecular weight is 585 g/mol. The molecule has 2 unspecified atom stereocenters. The Morgan fingerprint density at radius 3 is 2.48 bits per heavy atom. The highest BCUT2D eigenvalue weighted by Gasteiger charge is 2.21. The van der Waals surface area contributed by atoms with Crippen LogP contribution in [0.2, 0.25) is 0 Å². The van der Waals surface area contributed by atoms with Crippen LogP contribution in [0.15, 0.2) is 72.5 Å². The predicted octanol–water partition coefficient (Wildman–Crippen LogP) is 8.25. The normalized spacial score (nSPS) is 23.7. The number of carbonyl (C=O) groups excluding carboxylic acids is 1. The molecule has 0 amide bonds. The minimum atomic E-state index is -0.265. The Kier molecular flexibility index (Phi) is 9.07. The van der Waals surface area contributed by atoms with E-state index in [0.717, 1.165) is 67.6 Å². The topological polar surface area (TPSA) is 52.1 Å². The van der Waals surface area contributed by atoms with E-state index >= 15 is 0 Å². The van der Waals surface area contributed by atoms with Crippen LogP contribution in [0.3, 0.4) is 0 Å². The predicted molar refractivity (Wildman–Crippen MR) is 181 cm³/mol. The maximum absolute atomic E-state index is 12.8. The fourth-order valence-electron chi connectivity index (χ4n) is 6.90. The SMILES string of the molecule is CC1=CC(C)CC(c2cccc(C)n2)=C(c2ccc3/c(c2)=C\C(c2ccc(C(=O)OC4CCCCC4)cn2)=C/C(C)C/C=3)C1. The standard InChI is InChI=1S/C40H44N2O2/c1-26-13-14-30-15-16-31(36-21-27(2)19-28(3)22-37(36)39-12-8-9-29(4)42-39)23-33(30)24-34(20-26)38-18-17-32(25-41-38)40(43)44-35-10-6-5-7-11-35/h8-9,12,14-20,23-26,28,35H,5-7,10-11,13,21-22H2,1-4H3/b30-14+,33-24-,34-20+. The Hall–Kier alpha value is -4.05. The van der Waals surface area contributed by atoms with Crippen molar-refractivity contribution in [1.82, 2.24) is 9.97 Å². The summed E-state index contributed by atoms with van der Waals surface area (Å²) in [5, 5.41) is 2.43. The highest BCUT2D eigenvalue weighted by atomic mass is 16.5. The summed E-state index contributed by atoms with van der Waals surface area (Å²) in [6, 6.07) is 17.1. The zero-order valence-corrected chi connectivity index (χ0v) is 26.6. The summed E-state index contributed by atoms with van der Waals surface area (Å²) in [5.74, 6) is 0.558. The molecule has 0 spiro atoms. The Labute approximate surface area is 262 Å². The largest absolute Gasteiger partial charge is 0.459 e. The van der Waals surface area contributed by atoms with E-state index < -0.39 is 0 Å². The Morgan fingerprint density at radius 2 is 1.70 bits per heavy atom. The number of ether oxygens (including phenoxy) is 1. The second-order valence-electron chi connectivity index (χ2n) is 13.1. The van der Waals surface area contributed by atoms with E-state index in [2.05, 4.69) is 88.4 Å². The van der Waals surface area contributed by atoms with Crippen LogP contribution in [0.1, 0.15) is 105 Å². The number of hydrogen-bond acceptors (Lipinski definition) is 4. The van der Waals surface area contributed by atoms with Gasteiger partial charge in [0.15, 0.2) is 0 Å². The molecule has 2 aromatic heterocycles. The van der Waals surface area contributed by atoms with Gasteiger partial charge >= 0.3 is 5.97 Å². The third-order valence-electron chi connectivity index (χ3n) is 9.15. The van der Waals surface area contributed by atoms with Gasteiger partial charge in [0, 0.05) is 11.9 Å². The van der Waals surface area contributed by atoms with E-state index in [4.69, 9.17) is 14.7 Å². The van der Waals surface area contributed by atoms with Crippen molar-refractivity contribution in [3.05, 3.63) is 111 Å². The number of nitrogens with zero attached hydrogens (tertiary/aromatic N) is 2. The number of aryl methyl sites for hydroxylation is 1. The lowest BCUT2D eigenvalue weighted by molar-refractivity contribution is 0.0210. The molecule has 0 aliphatic heterocycles. The third kappa shape index (κ3) is 7.01. The molecule has 1 fully saturated rings. The molecule has 0 saturated heterocycles. The van der Waals surface area contributed by atoms with Gasteiger partial charge in [-0.05, 0) is 140 Å². The van der Waals surface area contributed by atoms with Gasteiger partial charge in [-0.25, -0.2) is 4.79 Å². The van der Waals surface area contributed by atoms with E-state index in [0.29, 0.717) is 17.4 Å². The lowest BCUT2D eigenvalue weighted by Crippen LogP contribution is -2.26. The number of aromatic nitrogens is 2. The van der Waals surface area contributed by atoms with E-state index in [1.165, 1.54) is 39.1 Å². The first-order chi connectivity index (χ1) is 21.3. The fraction of sp³-hybridized carbons (Fsp3) is 0.375. The number of carbonyl (C=O) groups is 1. The molecule has 2 heterocycles. The molecule has 0 N–H and O–H groups in total. The lowest BCUT2D eigenvalue weighted by atomic mass is 9.89. The summed E-state index contributed by atoms with van der Waals surface area (Å²) in [5.41, 5.74) is 9.94. The van der Waals surface area contributed by atoms with Gasteiger partial charge < -0.3 is 4.74 Å². The molecule has 2 atom stereocenters. The highest BCUT2D eigenvalue weighted by molar-refractivity contribution is 5.93. The zero-order chi connectivity index (χ0) is 30.6. The minimum Gasteiger partial charge on any atom is -0.459 e. The van der Waals surface area contributed by atoms with Gasteiger partial charge in [0.1, 0.15) is 6.10 Å². The van der Waals surface area contributed by atoms with Gasteiger partial charge in [-0.15, -0.1) is 0 Å². The molecule has 6 rings (SSSR count). The molecular formula is C40H44N2O2. The van der Waals surface area contributed by atoms with Gasteiger partial charge in [-0.3, -0.25) is 9.97 Å². The smallest absolute Gasteiger partial charge is 0.339 e. The van der Waals surface area contributed by atoms with Gasteiger partial charge in [0.2, 0.25) is 0 Å². The molecule has 4 nitrogen and oxygen atoms in total. The zero-order valence-electron chi connectivity index (χ0n) is 26.6. The summed E-state index contributed by atoms with van der Waals surface area (Å²) >= 11 is 0. The quantitative estimate of drug-likeness (QED) is 0.224. The molecular weight excluding hydrogens is 540 g/mol. The van der Waals surface area contributed by atoms with Crippen molar-refractivity contribution in [2.45, 2.75) is 85.2 Å². The van der Waals surface area contributed by atoms with Crippen LogP contribution < -0.4 is 10.4 Å². The van der Waals surface area contributed by atoms with Gasteiger partial charge in [0.25, 0.3) is 0 Å². The second kappa shape index (κ2) is 13.3. The molecule has 3 aliphatic carbocycles. The van der Waals surface area contributed by atoms with Crippen LogP contribution in [0, 0.1) is 18.8 Å². The summed E-state index contributed by atoms with van der Waals surface area (Å²) in [6.07, 6.45) is 19.3. The molecule has 3 aromatic rings. The first-order valence-electron chi connectivity index (χ1n) is 16.4. The lowest BCUT2D eigenvalue weighted by Gasteiger charge is -2.21. The van der Waals surface area contributed by atoms with E-state index in [9.17, 15) is 4.79 Å². The van der Waals surface area contributed by atoms with E-state index in [1.54, 1.807) is 6.20 Å². The van der Waals surface area contributed by atoms with Crippen molar-refractivity contribution in [3.8, 4) is 0 Å². The highest BCUT2D eigenvalue weighted by Crippen LogP contribution is 2.38. The van der Waals surface area contributed by atoms with Crippen molar-refractivity contribution in [2.75, 3.05) is 0 Å². The molecule has 0 bridgehead atoms. The molecule has 1 aromatic carbocycles. The van der Waals surface area contributed by atoms with Crippen LogP contribution in [0.25, 0.3) is 28.9 Å². The maximum atomic E-state index is 12.8. The summed E-state index contributed by atoms with van der Waals surface area (Å²) in [7, 11) is 0. The van der Waals surface area contributed by atoms with Crippen LogP contribution in [-0.4, -0.2) is 22.0 Å². The number of pyridine rings is 2. The first-order valence-corrected chi connectivity index (χ1v) is 16.4. The van der Waals surface area contributed by atoms with Crippen molar-refractivity contribution >= 4 is 34.8 Å². The minimum absolute atomic E-state index is 0.0358. The summed E-state index contributed by atoms with van der Waals surface area (Å²) in [4.78, 5) is 22.5. The first kappa shape index (κ1) is 30.0. The summed E-state index contributed by atoms with van der Waals surface area (Å²) < 4.78 is 5.79. The Morgan fingerprint density at radius 1 is 0.864 bits per heavy atom. The van der Waals surface area contributed by atoms with Crippen LogP contribution in [0.4, 0.5) is 0 Å². The Balaban J connectivity index is 1.38. The number of allylic oxidation sites excluding steroid dienone is 6. The third-order valence-corrected chi connectivity index (χ3v) is 9.15. The molecule has 1 saturated carbocycles. The fourth-order valence-corrected chi connectivity index (χ4v) is 6.90. The number of esters is 1. The molecule has 3 aliphatic rings. The van der Waals surface area contributed by atoms with Crippen molar-refractivity contribution < 1.29 is 9.53 Å². The second-order valence-corrected chi connectivity index (χ2v) is 13.1. The monoisotopic (exact) mass is 584 g/mol. The summed E-state index contributed by atoms with van der Waals surface area (Å²) in [6.45, 7) is 8.86. The number of fused-ring (bicyclic) bond motifs is 1. The molecule has 4 heteroatoms. The molecule has 44 heavy (non-hydrogen) atoms. The van der Waals surface area contributed by atoms with Crippen LogP contribution in [0.5, 0.6) is 0 Å². The van der Waals surface area contributed by atoms with Crippen molar-refractivity contribution in [2.24, 2.45) is 11.8 Å². The van der Waals surface area contributed by atoms with Crippen molar-refractivity contribution in [3.63, 3.8) is 0 Å². The van der Waals surface area contributed by atoms with E-state index in [-0.39, 0.29) is 12.1 Å². The maximum Gasteiger partial charge on any atom is 0.339 e. The van der Waals surface area contributed by atoms with E-state index in [1.807, 2.05) is 12.1 Å². The number of rotatable bonds is 5. The van der Waals surface area contributed by atoms with Gasteiger partial charge in [0.05, 0.1) is 17.0 Å².